The fourth-order valence-electron chi connectivity index (χ4n) is 3.32. The second-order valence-corrected chi connectivity index (χ2v) is 10.4. The summed E-state index contributed by atoms with van der Waals surface area (Å²) < 4.78 is 20.1. The summed E-state index contributed by atoms with van der Waals surface area (Å²) >= 11 is 0. The van der Waals surface area contributed by atoms with Crippen LogP contribution in [0.1, 0.15) is 56.6 Å². The van der Waals surface area contributed by atoms with E-state index < -0.39 is 11.9 Å². The SMILES string of the molecule is C1CCNCC1.CCC(=O)CCOCC(=O)OCc1ccccc1.CN(C)C=O.NCC(=O)CCOCC(=O)OCc1ccccc1. The van der Waals surface area contributed by atoms with E-state index >= 15 is 0 Å². The van der Waals surface area contributed by atoms with Gasteiger partial charge in [0.05, 0.1) is 19.8 Å². The van der Waals surface area contributed by atoms with E-state index in [1.165, 1.54) is 37.3 Å². The van der Waals surface area contributed by atoms with Crippen LogP contribution in [0.3, 0.4) is 0 Å². The summed E-state index contributed by atoms with van der Waals surface area (Å²) in [4.78, 5) is 55.3. The molecule has 0 saturated carbocycles. The number of ketones is 2. The summed E-state index contributed by atoms with van der Waals surface area (Å²) in [5.41, 5.74) is 6.99. The zero-order chi connectivity index (χ0) is 35.0. The van der Waals surface area contributed by atoms with Gasteiger partial charge in [0, 0.05) is 33.4 Å². The molecule has 0 aromatic heterocycles. The highest BCUT2D eigenvalue weighted by Crippen LogP contribution is 2.02. The Kier molecular flexibility index (Phi) is 28.1. The van der Waals surface area contributed by atoms with Crippen LogP contribution in [-0.4, -0.2) is 95.0 Å². The van der Waals surface area contributed by atoms with Gasteiger partial charge in [-0.1, -0.05) is 74.0 Å². The number of esters is 2. The number of ether oxygens (including phenoxy) is 4. The third-order valence-electron chi connectivity index (χ3n) is 6.02. The van der Waals surface area contributed by atoms with Gasteiger partial charge in [0.15, 0.2) is 0 Å². The highest BCUT2D eigenvalue weighted by molar-refractivity contribution is 5.80. The molecule has 0 spiro atoms. The standard InChI is InChI=1S/C14H18O4.C13H17NO4.C5H11N.C3H7NO/c1-2-13(15)8-9-17-11-14(16)18-10-12-6-4-3-5-7-12;14-8-12(15)6-7-17-10-13(16)18-9-11-4-2-1-3-5-11;1-2-4-6-5-3-1;1-4(2)3-5/h3-7H,2,8-11H2,1H3;1-5H,6-10,14H2;6H,1-5H2;3H,1-2H3. The molecule has 3 rings (SSSR count). The first-order chi connectivity index (χ1) is 22.7. The first kappa shape index (κ1) is 43.0. The normalized spacial score (nSPS) is 11.5. The molecule has 47 heavy (non-hydrogen) atoms. The van der Waals surface area contributed by atoms with Crippen LogP contribution in [0, 0.1) is 0 Å². The van der Waals surface area contributed by atoms with Gasteiger partial charge in [-0.15, -0.1) is 0 Å². The third kappa shape index (κ3) is 29.2. The lowest BCUT2D eigenvalue weighted by Crippen LogP contribution is -2.21. The lowest BCUT2D eigenvalue weighted by atomic mass is 10.2. The van der Waals surface area contributed by atoms with Crippen LogP contribution in [0.2, 0.25) is 0 Å². The molecule has 3 N–H and O–H groups in total. The summed E-state index contributed by atoms with van der Waals surface area (Å²) in [6.45, 7) is 4.98. The summed E-state index contributed by atoms with van der Waals surface area (Å²) in [5, 5.41) is 3.28. The molecule has 1 aliphatic rings. The molecule has 0 bridgehead atoms. The van der Waals surface area contributed by atoms with E-state index in [2.05, 4.69) is 5.32 Å². The van der Waals surface area contributed by atoms with Crippen molar-refractivity contribution in [1.82, 2.24) is 10.2 Å². The largest absolute Gasteiger partial charge is 0.459 e. The van der Waals surface area contributed by atoms with Crippen LogP contribution in [0.15, 0.2) is 60.7 Å². The number of carbonyl (C=O) groups excluding carboxylic acids is 5. The minimum Gasteiger partial charge on any atom is -0.459 e. The Hall–Kier alpha value is -3.97. The van der Waals surface area contributed by atoms with Crippen LogP contribution in [0.25, 0.3) is 0 Å². The van der Waals surface area contributed by atoms with E-state index in [0.29, 0.717) is 12.8 Å². The average Bonchev–Trinajstić information content (AvgIpc) is 3.12. The smallest absolute Gasteiger partial charge is 0.332 e. The van der Waals surface area contributed by atoms with Crippen LogP contribution in [-0.2, 0) is 56.1 Å². The van der Waals surface area contributed by atoms with Gasteiger partial charge in [-0.2, -0.15) is 0 Å². The maximum atomic E-state index is 11.3. The van der Waals surface area contributed by atoms with E-state index in [0.717, 1.165) is 17.5 Å². The summed E-state index contributed by atoms with van der Waals surface area (Å²) in [5.74, 6) is -0.817. The lowest BCUT2D eigenvalue weighted by molar-refractivity contribution is -0.151. The second kappa shape index (κ2) is 30.7. The molecule has 0 radical (unpaired) electrons. The molecule has 262 valence electrons. The molecule has 1 amide bonds. The third-order valence-corrected chi connectivity index (χ3v) is 6.02. The van der Waals surface area contributed by atoms with E-state index in [-0.39, 0.29) is 64.2 Å². The highest BCUT2D eigenvalue weighted by Gasteiger charge is 2.06. The predicted octanol–water partition coefficient (Wildman–Crippen LogP) is 3.24. The topological polar surface area (TPSA) is 164 Å². The average molecular weight is 660 g/mol. The quantitative estimate of drug-likeness (QED) is 0.146. The van der Waals surface area contributed by atoms with Gasteiger partial charge in [-0.3, -0.25) is 14.4 Å². The van der Waals surface area contributed by atoms with Gasteiger partial charge in [-0.05, 0) is 37.1 Å². The predicted molar refractivity (Wildman–Crippen MR) is 179 cm³/mol. The molecule has 2 aromatic carbocycles. The maximum absolute atomic E-state index is 11.3. The minimum absolute atomic E-state index is 0.00180. The summed E-state index contributed by atoms with van der Waals surface area (Å²) in [6, 6.07) is 18.8. The number of amides is 1. The van der Waals surface area contributed by atoms with E-state index in [1.807, 2.05) is 60.7 Å². The fraction of sp³-hybridized carbons (Fsp3) is 0.514. The van der Waals surface area contributed by atoms with Crippen LogP contribution in [0.5, 0.6) is 0 Å². The Labute approximate surface area is 279 Å². The van der Waals surface area contributed by atoms with E-state index in [9.17, 15) is 24.0 Å². The van der Waals surface area contributed by atoms with Crippen molar-refractivity contribution in [3.8, 4) is 0 Å². The van der Waals surface area contributed by atoms with Crippen molar-refractivity contribution >= 4 is 29.9 Å². The van der Waals surface area contributed by atoms with Crippen LogP contribution < -0.4 is 11.1 Å². The van der Waals surface area contributed by atoms with E-state index in [4.69, 9.17) is 24.7 Å². The first-order valence-corrected chi connectivity index (χ1v) is 15.8. The number of piperidine rings is 1. The summed E-state index contributed by atoms with van der Waals surface area (Å²) in [7, 11) is 3.38. The molecular formula is C35H53N3O9. The fourth-order valence-corrected chi connectivity index (χ4v) is 3.32. The highest BCUT2D eigenvalue weighted by atomic mass is 16.6. The van der Waals surface area contributed by atoms with Crippen molar-refractivity contribution in [2.24, 2.45) is 5.73 Å². The van der Waals surface area contributed by atoms with Gasteiger partial charge in [0.1, 0.15) is 38.0 Å². The number of hydrogen-bond acceptors (Lipinski definition) is 11. The van der Waals surface area contributed by atoms with Gasteiger partial charge in [-0.25, -0.2) is 9.59 Å². The molecule has 1 fully saturated rings. The Bertz CT molecular complexity index is 1010. The molecule has 0 aliphatic carbocycles. The molecule has 1 aliphatic heterocycles. The van der Waals surface area contributed by atoms with Gasteiger partial charge < -0.3 is 34.9 Å². The number of benzene rings is 2. The Balaban J connectivity index is 0.000000682. The number of carbonyl (C=O) groups is 5. The van der Waals surface area contributed by atoms with Crippen LogP contribution in [0.4, 0.5) is 0 Å². The number of nitrogens with zero attached hydrogens (tertiary/aromatic N) is 1. The monoisotopic (exact) mass is 659 g/mol. The van der Waals surface area contributed by atoms with Crippen molar-refractivity contribution in [2.75, 3.05) is 60.2 Å². The Morgan fingerprint density at radius 3 is 1.49 bits per heavy atom. The van der Waals surface area contributed by atoms with Gasteiger partial charge >= 0.3 is 11.9 Å². The molecule has 12 heteroatoms. The van der Waals surface area contributed by atoms with Crippen molar-refractivity contribution in [3.63, 3.8) is 0 Å². The Morgan fingerprint density at radius 2 is 1.17 bits per heavy atom. The number of nitrogens with one attached hydrogen (secondary N) is 1. The molecule has 2 aromatic rings. The molecular weight excluding hydrogens is 606 g/mol. The number of nitrogens with two attached hydrogens (primary N) is 1. The number of hydrogen-bond donors (Lipinski definition) is 2. The minimum atomic E-state index is -0.445. The summed E-state index contributed by atoms with van der Waals surface area (Å²) in [6.07, 6.45) is 6.04. The lowest BCUT2D eigenvalue weighted by Gasteiger charge is -2.08. The second-order valence-electron chi connectivity index (χ2n) is 10.4. The molecule has 1 saturated heterocycles. The van der Waals surface area contributed by atoms with E-state index in [1.54, 1.807) is 21.0 Å². The Morgan fingerprint density at radius 1 is 0.745 bits per heavy atom. The maximum Gasteiger partial charge on any atom is 0.332 e. The van der Waals surface area contributed by atoms with Gasteiger partial charge in [0.2, 0.25) is 6.41 Å². The van der Waals surface area contributed by atoms with Crippen molar-refractivity contribution in [3.05, 3.63) is 71.8 Å². The first-order valence-electron chi connectivity index (χ1n) is 15.8. The molecule has 0 unspecified atom stereocenters. The zero-order valence-corrected chi connectivity index (χ0v) is 28.2. The zero-order valence-electron chi connectivity index (χ0n) is 28.2. The molecule has 0 atom stereocenters. The van der Waals surface area contributed by atoms with Gasteiger partial charge in [0.25, 0.3) is 0 Å². The molecule has 1 heterocycles. The van der Waals surface area contributed by atoms with Crippen molar-refractivity contribution in [2.45, 2.75) is 58.7 Å². The van der Waals surface area contributed by atoms with Crippen molar-refractivity contribution in [1.29, 1.82) is 0 Å². The van der Waals surface area contributed by atoms with Crippen LogP contribution >= 0.6 is 0 Å². The van der Waals surface area contributed by atoms with Crippen molar-refractivity contribution < 1.29 is 42.9 Å². The number of rotatable bonds is 17. The molecule has 12 nitrogen and oxygen atoms in total. The number of Topliss-reactive ketones (excluding diaryl/α,β-unsaturated/α-hetero) is 2.